The summed E-state index contributed by atoms with van der Waals surface area (Å²) in [5.74, 6) is 1.96. The van der Waals surface area contributed by atoms with Crippen molar-refractivity contribution in [2.45, 2.75) is 0 Å². The topological polar surface area (TPSA) is 38.7 Å². The Morgan fingerprint density at radius 3 is 1.43 bits per heavy atom. The monoisotopic (exact) mass is 711 g/mol. The lowest BCUT2D eigenvalue weighted by Crippen LogP contribution is -2.00. The average molecular weight is 712 g/mol. The van der Waals surface area contributed by atoms with E-state index in [-0.39, 0.29) is 0 Å². The second-order valence-electron chi connectivity index (χ2n) is 14.4. The summed E-state index contributed by atoms with van der Waals surface area (Å²) < 4.78 is 0. The van der Waals surface area contributed by atoms with Crippen molar-refractivity contribution in [1.29, 1.82) is 0 Å². The molecule has 3 heteroatoms. The third-order valence-corrected chi connectivity index (χ3v) is 11.1. The molecule has 0 unspecified atom stereocenters. The summed E-state index contributed by atoms with van der Waals surface area (Å²) in [7, 11) is 0. The average Bonchev–Trinajstić information content (AvgIpc) is 3.62. The third-order valence-electron chi connectivity index (χ3n) is 11.1. The second-order valence-corrected chi connectivity index (χ2v) is 14.4. The van der Waals surface area contributed by atoms with Crippen LogP contribution in [0.4, 0.5) is 0 Å². The van der Waals surface area contributed by atoms with E-state index in [2.05, 4.69) is 140 Å². The van der Waals surface area contributed by atoms with Gasteiger partial charge in [0, 0.05) is 16.7 Å². The Bertz CT molecular complexity index is 3040. The van der Waals surface area contributed by atoms with Gasteiger partial charge in [0.2, 0.25) is 0 Å². The molecule has 10 aromatic rings. The van der Waals surface area contributed by atoms with Gasteiger partial charge in [-0.15, -0.1) is 0 Å². The first kappa shape index (κ1) is 32.0. The van der Waals surface area contributed by atoms with Crippen molar-refractivity contribution in [3.05, 3.63) is 200 Å². The molecule has 1 aliphatic carbocycles. The van der Waals surface area contributed by atoms with Crippen molar-refractivity contribution < 1.29 is 0 Å². The van der Waals surface area contributed by atoms with Gasteiger partial charge in [-0.1, -0.05) is 188 Å². The van der Waals surface area contributed by atoms with Crippen molar-refractivity contribution in [3.8, 4) is 89.8 Å². The molecule has 0 N–H and O–H groups in total. The van der Waals surface area contributed by atoms with Gasteiger partial charge in [0.1, 0.15) is 0 Å². The molecule has 0 aliphatic heterocycles. The van der Waals surface area contributed by atoms with E-state index in [1.54, 1.807) is 0 Å². The lowest BCUT2D eigenvalue weighted by Gasteiger charge is -2.14. The van der Waals surface area contributed by atoms with Crippen LogP contribution in [0.1, 0.15) is 0 Å². The molecule has 0 fully saturated rings. The minimum Gasteiger partial charge on any atom is -0.208 e. The van der Waals surface area contributed by atoms with Crippen molar-refractivity contribution in [3.63, 3.8) is 0 Å². The molecule has 1 aromatic heterocycles. The van der Waals surface area contributed by atoms with Crippen LogP contribution in [-0.2, 0) is 0 Å². The first-order chi connectivity index (χ1) is 27.7. The number of hydrogen-bond donors (Lipinski definition) is 0. The number of rotatable bonds is 6. The maximum absolute atomic E-state index is 4.95. The fraction of sp³-hybridized carbons (Fsp3) is 0. The molecule has 0 saturated carbocycles. The van der Waals surface area contributed by atoms with Crippen LogP contribution >= 0.6 is 0 Å². The summed E-state index contributed by atoms with van der Waals surface area (Å²) in [4.78, 5) is 14.8. The first-order valence-electron chi connectivity index (χ1n) is 19.0. The highest BCUT2D eigenvalue weighted by atomic mass is 15.0. The number of fused-ring (bicyclic) bond motifs is 4. The van der Waals surface area contributed by atoms with E-state index in [1.165, 1.54) is 71.6 Å². The van der Waals surface area contributed by atoms with Gasteiger partial charge >= 0.3 is 0 Å². The maximum atomic E-state index is 4.95. The highest BCUT2D eigenvalue weighted by Gasteiger charge is 2.24. The first-order valence-corrected chi connectivity index (χ1v) is 19.0. The Kier molecular flexibility index (Phi) is 7.49. The molecule has 9 aromatic carbocycles. The number of hydrogen-bond acceptors (Lipinski definition) is 3. The third kappa shape index (κ3) is 5.40. The molecule has 1 heterocycles. The predicted octanol–water partition coefficient (Wildman–Crippen LogP) is 13.8. The minimum absolute atomic E-state index is 0.646. The smallest absolute Gasteiger partial charge is 0.164 e. The summed E-state index contributed by atoms with van der Waals surface area (Å²) >= 11 is 0. The van der Waals surface area contributed by atoms with Gasteiger partial charge in [-0.25, -0.2) is 15.0 Å². The molecule has 3 nitrogen and oxygen atoms in total. The lowest BCUT2D eigenvalue weighted by molar-refractivity contribution is 1.07. The zero-order valence-electron chi connectivity index (χ0n) is 30.4. The van der Waals surface area contributed by atoms with Crippen LogP contribution < -0.4 is 0 Å². The normalized spacial score (nSPS) is 11.6. The molecule has 260 valence electrons. The summed E-state index contributed by atoms with van der Waals surface area (Å²) in [5, 5.41) is 5.06. The van der Waals surface area contributed by atoms with Crippen LogP contribution in [0.2, 0.25) is 0 Å². The molecule has 0 spiro atoms. The van der Waals surface area contributed by atoms with Gasteiger partial charge in [-0.3, -0.25) is 0 Å². The Balaban J connectivity index is 0.969. The van der Waals surface area contributed by atoms with E-state index >= 15 is 0 Å². The van der Waals surface area contributed by atoms with Crippen molar-refractivity contribution in [2.24, 2.45) is 0 Å². The molecule has 1 aliphatic rings. The Morgan fingerprint density at radius 1 is 0.250 bits per heavy atom. The number of nitrogens with zero attached hydrogens (tertiary/aromatic N) is 3. The zero-order chi connectivity index (χ0) is 37.0. The highest BCUT2D eigenvalue weighted by Crippen LogP contribution is 2.51. The molecular weight excluding hydrogens is 679 g/mol. The fourth-order valence-electron chi connectivity index (χ4n) is 8.35. The van der Waals surface area contributed by atoms with E-state index in [9.17, 15) is 0 Å². The predicted molar refractivity (Wildman–Crippen MR) is 232 cm³/mol. The lowest BCUT2D eigenvalue weighted by atomic mass is 9.90. The molecule has 56 heavy (non-hydrogen) atoms. The van der Waals surface area contributed by atoms with Gasteiger partial charge in [0.25, 0.3) is 0 Å². The summed E-state index contributed by atoms with van der Waals surface area (Å²) in [6, 6.07) is 71.2. The van der Waals surface area contributed by atoms with Gasteiger partial charge in [-0.05, 0) is 89.3 Å². The number of benzene rings is 9. The van der Waals surface area contributed by atoms with Crippen LogP contribution in [0.15, 0.2) is 200 Å². The van der Waals surface area contributed by atoms with E-state index in [0.717, 1.165) is 22.3 Å². The van der Waals surface area contributed by atoms with E-state index in [1.807, 2.05) is 60.7 Å². The second kappa shape index (κ2) is 13.1. The minimum atomic E-state index is 0.646. The molecule has 0 radical (unpaired) electrons. The molecule has 0 bridgehead atoms. The standard InChI is InChI=1S/C53H33N3/c1-3-12-38(13-4-1)51-54-52(39-14-5-2-6-15-39)56-53(55-51)40-28-26-36(27-29-40)48-33-42(32-41-16-7-8-18-43(41)48)34-22-24-35(25-23-34)44-31-30-37-17-11-21-46-45-19-9-10-20-47(45)50(44)49(37)46/h1-33H. The van der Waals surface area contributed by atoms with Crippen LogP contribution in [0, 0.1) is 0 Å². The van der Waals surface area contributed by atoms with Crippen LogP contribution in [0.5, 0.6) is 0 Å². The van der Waals surface area contributed by atoms with E-state index in [0.29, 0.717) is 17.5 Å². The quantitative estimate of drug-likeness (QED) is 0.172. The molecule has 0 saturated heterocycles. The highest BCUT2D eigenvalue weighted by molar-refractivity contribution is 6.19. The summed E-state index contributed by atoms with van der Waals surface area (Å²) in [5.41, 5.74) is 15.3. The summed E-state index contributed by atoms with van der Waals surface area (Å²) in [6.45, 7) is 0. The molecule has 0 amide bonds. The van der Waals surface area contributed by atoms with Crippen LogP contribution in [0.25, 0.3) is 111 Å². The van der Waals surface area contributed by atoms with Gasteiger partial charge in [-0.2, -0.15) is 0 Å². The Hall–Kier alpha value is -7.49. The maximum Gasteiger partial charge on any atom is 0.164 e. The van der Waals surface area contributed by atoms with Gasteiger partial charge in [0.15, 0.2) is 17.5 Å². The fourth-order valence-corrected chi connectivity index (χ4v) is 8.35. The van der Waals surface area contributed by atoms with Crippen molar-refractivity contribution in [2.75, 3.05) is 0 Å². The largest absolute Gasteiger partial charge is 0.208 e. The van der Waals surface area contributed by atoms with Gasteiger partial charge in [0.05, 0.1) is 0 Å². The van der Waals surface area contributed by atoms with E-state index < -0.39 is 0 Å². The van der Waals surface area contributed by atoms with Crippen LogP contribution in [-0.4, -0.2) is 15.0 Å². The number of aromatic nitrogens is 3. The summed E-state index contributed by atoms with van der Waals surface area (Å²) in [6.07, 6.45) is 0. The Morgan fingerprint density at radius 2 is 0.750 bits per heavy atom. The molecular formula is C53H33N3. The van der Waals surface area contributed by atoms with E-state index in [4.69, 9.17) is 15.0 Å². The SMILES string of the molecule is c1ccc(-c2nc(-c3ccccc3)nc(-c3ccc(-c4cc(-c5ccc(-c6ccc7cccc8c7c6-c6ccccc6-8)cc5)cc5ccccc45)cc3)n2)cc1. The zero-order valence-corrected chi connectivity index (χ0v) is 30.4. The van der Waals surface area contributed by atoms with Gasteiger partial charge < -0.3 is 0 Å². The molecule has 11 rings (SSSR count). The van der Waals surface area contributed by atoms with Crippen molar-refractivity contribution >= 4 is 21.5 Å². The molecule has 0 atom stereocenters. The van der Waals surface area contributed by atoms with Crippen molar-refractivity contribution in [1.82, 2.24) is 15.0 Å². The Labute approximate surface area is 325 Å². The van der Waals surface area contributed by atoms with Crippen LogP contribution in [0.3, 0.4) is 0 Å².